The van der Waals surface area contributed by atoms with Gasteiger partial charge in [0.05, 0.1) is 4.90 Å². The van der Waals surface area contributed by atoms with Gasteiger partial charge in [-0.3, -0.25) is 0 Å². The lowest BCUT2D eigenvalue weighted by Gasteiger charge is -2.07. The van der Waals surface area contributed by atoms with Gasteiger partial charge in [0.2, 0.25) is 0 Å². The van der Waals surface area contributed by atoms with Crippen LogP contribution in [0, 0.1) is 0 Å². The van der Waals surface area contributed by atoms with Gasteiger partial charge in [0.15, 0.2) is 9.84 Å². The second-order valence-electron chi connectivity index (χ2n) is 4.66. The molecule has 5 heteroatoms. The zero-order valence-electron chi connectivity index (χ0n) is 10.8. The molecule has 0 spiro atoms. The highest BCUT2D eigenvalue weighted by atomic mass is 32.2. The van der Waals surface area contributed by atoms with Gasteiger partial charge in [0.1, 0.15) is 0 Å². The molecule has 4 nitrogen and oxygen atoms in total. The number of nitrogens with two attached hydrogens (primary N) is 1. The molecule has 0 bridgehead atoms. The van der Waals surface area contributed by atoms with Crippen molar-refractivity contribution >= 4 is 20.7 Å². The van der Waals surface area contributed by atoms with Gasteiger partial charge in [0.25, 0.3) is 0 Å². The van der Waals surface area contributed by atoms with E-state index in [0.717, 1.165) is 22.9 Å². The van der Waals surface area contributed by atoms with E-state index in [9.17, 15) is 8.42 Å². The molecule has 0 aliphatic heterocycles. The average molecular weight is 266 g/mol. The summed E-state index contributed by atoms with van der Waals surface area (Å²) in [6.45, 7) is 2.02. The molecule has 0 radical (unpaired) electrons. The summed E-state index contributed by atoms with van der Waals surface area (Å²) in [5.74, 6) is 0. The van der Waals surface area contributed by atoms with Crippen LogP contribution in [0.5, 0.6) is 0 Å². The molecule has 0 saturated carbocycles. The largest absolute Gasteiger partial charge is 0.350 e. The first kappa shape index (κ1) is 13.1. The molecule has 1 aromatic heterocycles. The third kappa shape index (κ3) is 2.15. The minimum atomic E-state index is -3.18. The van der Waals surface area contributed by atoms with Crippen molar-refractivity contribution in [1.82, 2.24) is 4.57 Å². The van der Waals surface area contributed by atoms with E-state index in [4.69, 9.17) is 5.73 Å². The van der Waals surface area contributed by atoms with Crippen molar-refractivity contribution in [1.29, 1.82) is 0 Å². The normalized spacial score (nSPS) is 14.0. The number of hydrogen-bond donors (Lipinski definition) is 1. The molecule has 2 aromatic rings. The van der Waals surface area contributed by atoms with Crippen molar-refractivity contribution in [2.24, 2.45) is 12.8 Å². The number of benzene rings is 1. The standard InChI is InChI=1S/C13H18N2O2S/c1-4-12(14)11-8-15(2)13-6-5-9(7-10(11)13)18(3,16)17/h5-8,12H,4,14H2,1-3H3. The summed E-state index contributed by atoms with van der Waals surface area (Å²) in [5, 5.41) is 0.926. The van der Waals surface area contributed by atoms with Crippen molar-refractivity contribution < 1.29 is 8.42 Å². The summed E-state index contributed by atoms with van der Waals surface area (Å²) in [5.41, 5.74) is 8.07. The zero-order valence-corrected chi connectivity index (χ0v) is 11.7. The van der Waals surface area contributed by atoms with E-state index >= 15 is 0 Å². The Labute approximate surface area is 107 Å². The van der Waals surface area contributed by atoms with Crippen LogP contribution in [0.1, 0.15) is 24.9 Å². The predicted molar refractivity (Wildman–Crippen MR) is 73.2 cm³/mol. The number of sulfone groups is 1. The van der Waals surface area contributed by atoms with E-state index in [1.807, 2.05) is 30.8 Å². The number of fused-ring (bicyclic) bond motifs is 1. The minimum absolute atomic E-state index is 0.0662. The van der Waals surface area contributed by atoms with Crippen molar-refractivity contribution in [3.63, 3.8) is 0 Å². The molecule has 98 valence electrons. The maximum absolute atomic E-state index is 11.6. The molecule has 1 unspecified atom stereocenters. The number of nitrogens with zero attached hydrogens (tertiary/aromatic N) is 1. The van der Waals surface area contributed by atoms with Crippen LogP contribution in [0.4, 0.5) is 0 Å². The van der Waals surface area contributed by atoms with Crippen molar-refractivity contribution in [3.8, 4) is 0 Å². The van der Waals surface area contributed by atoms with E-state index in [1.54, 1.807) is 12.1 Å². The van der Waals surface area contributed by atoms with E-state index < -0.39 is 9.84 Å². The van der Waals surface area contributed by atoms with Crippen LogP contribution in [-0.4, -0.2) is 19.2 Å². The van der Waals surface area contributed by atoms with Crippen molar-refractivity contribution in [3.05, 3.63) is 30.0 Å². The van der Waals surface area contributed by atoms with Crippen LogP contribution in [0.25, 0.3) is 10.9 Å². The highest BCUT2D eigenvalue weighted by Crippen LogP contribution is 2.28. The monoisotopic (exact) mass is 266 g/mol. The quantitative estimate of drug-likeness (QED) is 0.924. The fourth-order valence-corrected chi connectivity index (χ4v) is 2.79. The lowest BCUT2D eigenvalue weighted by molar-refractivity contribution is 0.602. The first-order valence-electron chi connectivity index (χ1n) is 5.89. The molecule has 18 heavy (non-hydrogen) atoms. The summed E-state index contributed by atoms with van der Waals surface area (Å²) in [6.07, 6.45) is 4.02. The molecule has 0 saturated heterocycles. The number of rotatable bonds is 3. The Morgan fingerprint density at radius 1 is 1.39 bits per heavy atom. The van der Waals surface area contributed by atoms with Gasteiger partial charge < -0.3 is 10.3 Å². The van der Waals surface area contributed by atoms with Gasteiger partial charge in [-0.05, 0) is 30.2 Å². The summed E-state index contributed by atoms with van der Waals surface area (Å²) in [4.78, 5) is 0.339. The van der Waals surface area contributed by atoms with E-state index in [2.05, 4.69) is 0 Å². The second kappa shape index (κ2) is 4.40. The van der Waals surface area contributed by atoms with Gasteiger partial charge in [-0.1, -0.05) is 6.92 Å². The average Bonchev–Trinajstić information content (AvgIpc) is 2.64. The van der Waals surface area contributed by atoms with Crippen LogP contribution >= 0.6 is 0 Å². The van der Waals surface area contributed by atoms with Crippen LogP contribution < -0.4 is 5.73 Å². The summed E-state index contributed by atoms with van der Waals surface area (Å²) >= 11 is 0. The third-order valence-electron chi connectivity index (χ3n) is 3.26. The van der Waals surface area contributed by atoms with Gasteiger partial charge in [0, 0.05) is 36.4 Å². The van der Waals surface area contributed by atoms with Crippen LogP contribution in [0.3, 0.4) is 0 Å². The molecule has 0 aliphatic rings. The first-order chi connectivity index (χ1) is 8.34. The Kier molecular flexibility index (Phi) is 3.21. The number of aromatic nitrogens is 1. The maximum Gasteiger partial charge on any atom is 0.175 e. The Balaban J connectivity index is 2.74. The Morgan fingerprint density at radius 3 is 2.61 bits per heavy atom. The van der Waals surface area contributed by atoms with Crippen LogP contribution in [-0.2, 0) is 16.9 Å². The molecule has 1 heterocycles. The third-order valence-corrected chi connectivity index (χ3v) is 4.37. The molecular formula is C13H18N2O2S. The number of aryl methyl sites for hydroxylation is 1. The highest BCUT2D eigenvalue weighted by molar-refractivity contribution is 7.90. The second-order valence-corrected chi connectivity index (χ2v) is 6.68. The summed E-state index contributed by atoms with van der Waals surface area (Å²) in [7, 11) is -1.25. The molecule has 2 N–H and O–H groups in total. The van der Waals surface area contributed by atoms with Crippen molar-refractivity contribution in [2.45, 2.75) is 24.3 Å². The highest BCUT2D eigenvalue weighted by Gasteiger charge is 2.15. The van der Waals surface area contributed by atoms with Gasteiger partial charge >= 0.3 is 0 Å². The molecule has 0 fully saturated rings. The Bertz CT molecular complexity index is 686. The molecule has 0 amide bonds. The maximum atomic E-state index is 11.6. The van der Waals surface area contributed by atoms with E-state index in [0.29, 0.717) is 4.90 Å². The molecule has 2 rings (SSSR count). The SMILES string of the molecule is CCC(N)c1cn(C)c2ccc(S(C)(=O)=O)cc12. The summed E-state index contributed by atoms with van der Waals surface area (Å²) in [6, 6.07) is 5.12. The first-order valence-corrected chi connectivity index (χ1v) is 7.78. The van der Waals surface area contributed by atoms with E-state index in [-0.39, 0.29) is 6.04 Å². The topological polar surface area (TPSA) is 65.1 Å². The van der Waals surface area contributed by atoms with Gasteiger partial charge in [-0.15, -0.1) is 0 Å². The molecule has 0 aliphatic carbocycles. The lowest BCUT2D eigenvalue weighted by atomic mass is 10.0. The van der Waals surface area contributed by atoms with E-state index in [1.165, 1.54) is 6.26 Å². The smallest absolute Gasteiger partial charge is 0.175 e. The predicted octanol–water partition coefficient (Wildman–Crippen LogP) is 1.99. The van der Waals surface area contributed by atoms with Crippen LogP contribution in [0.15, 0.2) is 29.3 Å². The zero-order chi connectivity index (χ0) is 13.5. The van der Waals surface area contributed by atoms with Crippen molar-refractivity contribution in [2.75, 3.05) is 6.26 Å². The number of hydrogen-bond acceptors (Lipinski definition) is 3. The minimum Gasteiger partial charge on any atom is -0.350 e. The fourth-order valence-electron chi connectivity index (χ4n) is 2.15. The molecule has 1 aromatic carbocycles. The molecular weight excluding hydrogens is 248 g/mol. The van der Waals surface area contributed by atoms with Gasteiger partial charge in [-0.2, -0.15) is 0 Å². The molecule has 1 atom stereocenters. The Morgan fingerprint density at radius 2 is 2.06 bits per heavy atom. The van der Waals surface area contributed by atoms with Crippen LogP contribution in [0.2, 0.25) is 0 Å². The lowest BCUT2D eigenvalue weighted by Crippen LogP contribution is -2.08. The summed E-state index contributed by atoms with van der Waals surface area (Å²) < 4.78 is 25.2. The van der Waals surface area contributed by atoms with Gasteiger partial charge in [-0.25, -0.2) is 8.42 Å². The fraction of sp³-hybridized carbons (Fsp3) is 0.385. The Hall–Kier alpha value is -1.33.